The van der Waals surface area contributed by atoms with Crippen LogP contribution in [0, 0.1) is 6.92 Å². The first-order valence-corrected chi connectivity index (χ1v) is 5.80. The van der Waals surface area contributed by atoms with Crippen molar-refractivity contribution < 1.29 is 9.15 Å². The quantitative estimate of drug-likeness (QED) is 0.567. The summed E-state index contributed by atoms with van der Waals surface area (Å²) in [6.07, 6.45) is 4.34. The molecule has 0 amide bonds. The fourth-order valence-electron chi connectivity index (χ4n) is 1.60. The topological polar surface area (TPSA) is 34.4 Å². The predicted octanol–water partition coefficient (Wildman–Crippen LogP) is 2.54. The highest BCUT2D eigenvalue weighted by Crippen LogP contribution is 2.21. The second-order valence-corrected chi connectivity index (χ2v) is 4.28. The normalized spacial score (nSPS) is 15.3. The van der Waals surface area contributed by atoms with E-state index in [1.54, 1.807) is 6.08 Å². The Morgan fingerprint density at radius 2 is 2.44 bits per heavy atom. The highest BCUT2D eigenvalue weighted by molar-refractivity contribution is 5.19. The van der Waals surface area contributed by atoms with E-state index < -0.39 is 0 Å². The minimum atomic E-state index is 0.524. The fraction of sp³-hybridized carbons (Fsp3) is 0.538. The minimum Gasteiger partial charge on any atom is -0.462 e. The highest BCUT2D eigenvalue weighted by atomic mass is 16.5. The van der Waals surface area contributed by atoms with Crippen molar-refractivity contribution in [1.82, 2.24) is 5.32 Å². The van der Waals surface area contributed by atoms with Gasteiger partial charge >= 0.3 is 0 Å². The average molecular weight is 221 g/mol. The van der Waals surface area contributed by atoms with Gasteiger partial charge in [-0.1, -0.05) is 6.08 Å². The van der Waals surface area contributed by atoms with Gasteiger partial charge in [0.15, 0.2) is 0 Å². The van der Waals surface area contributed by atoms with Crippen molar-refractivity contribution in [2.75, 3.05) is 6.61 Å². The molecule has 3 nitrogen and oxygen atoms in total. The molecule has 0 radical (unpaired) electrons. The lowest BCUT2D eigenvalue weighted by atomic mass is 10.2. The number of hydrogen-bond acceptors (Lipinski definition) is 3. The zero-order valence-electron chi connectivity index (χ0n) is 9.79. The largest absolute Gasteiger partial charge is 0.462 e. The van der Waals surface area contributed by atoms with Crippen LogP contribution in [0.2, 0.25) is 0 Å². The Balaban J connectivity index is 1.83. The van der Waals surface area contributed by atoms with Crippen LogP contribution in [0.5, 0.6) is 0 Å². The van der Waals surface area contributed by atoms with Crippen LogP contribution >= 0.6 is 0 Å². The molecule has 1 fully saturated rings. The zero-order valence-corrected chi connectivity index (χ0v) is 9.79. The summed E-state index contributed by atoms with van der Waals surface area (Å²) < 4.78 is 11.1. The van der Waals surface area contributed by atoms with Crippen LogP contribution in [0.15, 0.2) is 23.1 Å². The lowest BCUT2D eigenvalue weighted by Gasteiger charge is -2.00. The Bertz CT molecular complexity index is 353. The van der Waals surface area contributed by atoms with Crippen molar-refractivity contribution in [2.45, 2.75) is 39.0 Å². The molecule has 1 aromatic heterocycles. The molecule has 0 unspecified atom stereocenters. The van der Waals surface area contributed by atoms with Gasteiger partial charge in [0.05, 0.1) is 13.2 Å². The third-order valence-electron chi connectivity index (χ3n) is 2.68. The minimum absolute atomic E-state index is 0.524. The van der Waals surface area contributed by atoms with Crippen LogP contribution in [0.3, 0.4) is 0 Å². The molecule has 0 atom stereocenters. The van der Waals surface area contributed by atoms with Crippen LogP contribution in [0.4, 0.5) is 0 Å². The lowest BCUT2D eigenvalue weighted by molar-refractivity contribution is 0.130. The monoisotopic (exact) mass is 221 g/mol. The molecule has 0 bridgehead atoms. The van der Waals surface area contributed by atoms with Crippen molar-refractivity contribution in [2.24, 2.45) is 0 Å². The highest BCUT2D eigenvalue weighted by Gasteiger charge is 2.21. The molecule has 0 saturated heterocycles. The molecule has 0 aliphatic heterocycles. The summed E-state index contributed by atoms with van der Waals surface area (Å²) >= 11 is 0. The van der Waals surface area contributed by atoms with E-state index in [4.69, 9.17) is 9.15 Å². The van der Waals surface area contributed by atoms with Crippen molar-refractivity contribution in [1.29, 1.82) is 0 Å². The molecule has 1 aliphatic carbocycles. The van der Waals surface area contributed by atoms with E-state index in [0.717, 1.165) is 18.1 Å². The predicted molar refractivity (Wildman–Crippen MR) is 63.2 cm³/mol. The molecular weight excluding hydrogens is 202 g/mol. The summed E-state index contributed by atoms with van der Waals surface area (Å²) in [4.78, 5) is 0. The van der Waals surface area contributed by atoms with Gasteiger partial charge in [-0.25, -0.2) is 0 Å². The first kappa shape index (κ1) is 11.4. The SMILES string of the molecule is C=CCOCc1cc(C)c(CNC2CC2)o1. The fourth-order valence-corrected chi connectivity index (χ4v) is 1.60. The molecule has 1 N–H and O–H groups in total. The number of aryl methyl sites for hydroxylation is 1. The van der Waals surface area contributed by atoms with E-state index in [-0.39, 0.29) is 0 Å². The van der Waals surface area contributed by atoms with Gasteiger partial charge in [-0.15, -0.1) is 6.58 Å². The molecule has 1 heterocycles. The van der Waals surface area contributed by atoms with Crippen molar-refractivity contribution in [3.8, 4) is 0 Å². The number of ether oxygens (including phenoxy) is 1. The van der Waals surface area contributed by atoms with Gasteiger partial charge in [-0.05, 0) is 31.4 Å². The van der Waals surface area contributed by atoms with E-state index in [1.807, 2.05) is 6.07 Å². The van der Waals surface area contributed by atoms with Crippen LogP contribution in [0.25, 0.3) is 0 Å². The molecule has 2 rings (SSSR count). The van der Waals surface area contributed by atoms with Gasteiger partial charge in [-0.2, -0.15) is 0 Å². The van der Waals surface area contributed by atoms with Crippen LogP contribution < -0.4 is 5.32 Å². The maximum atomic E-state index is 5.72. The molecule has 88 valence electrons. The Hall–Kier alpha value is -1.06. The maximum absolute atomic E-state index is 5.72. The van der Waals surface area contributed by atoms with Gasteiger partial charge < -0.3 is 14.5 Å². The Morgan fingerprint density at radius 1 is 1.62 bits per heavy atom. The van der Waals surface area contributed by atoms with Crippen molar-refractivity contribution in [3.63, 3.8) is 0 Å². The van der Waals surface area contributed by atoms with Crippen molar-refractivity contribution in [3.05, 3.63) is 35.8 Å². The third kappa shape index (κ3) is 3.22. The second-order valence-electron chi connectivity index (χ2n) is 4.28. The smallest absolute Gasteiger partial charge is 0.130 e. The van der Waals surface area contributed by atoms with Gasteiger partial charge in [0.1, 0.15) is 18.1 Å². The zero-order chi connectivity index (χ0) is 11.4. The van der Waals surface area contributed by atoms with E-state index in [1.165, 1.54) is 18.4 Å². The standard InChI is InChI=1S/C13H19NO2/c1-3-6-15-9-12-7-10(2)13(16-12)8-14-11-4-5-11/h3,7,11,14H,1,4-6,8-9H2,2H3. The van der Waals surface area contributed by atoms with E-state index >= 15 is 0 Å². The van der Waals surface area contributed by atoms with Crippen LogP contribution in [-0.2, 0) is 17.9 Å². The molecule has 3 heteroatoms. The number of hydrogen-bond donors (Lipinski definition) is 1. The molecule has 0 spiro atoms. The third-order valence-corrected chi connectivity index (χ3v) is 2.68. The first-order chi connectivity index (χ1) is 7.79. The summed E-state index contributed by atoms with van der Waals surface area (Å²) in [5.41, 5.74) is 1.20. The Kier molecular flexibility index (Phi) is 3.80. The Morgan fingerprint density at radius 3 is 3.12 bits per heavy atom. The number of furan rings is 1. The summed E-state index contributed by atoms with van der Waals surface area (Å²) in [5, 5.41) is 3.44. The van der Waals surface area contributed by atoms with E-state index in [2.05, 4.69) is 18.8 Å². The second kappa shape index (κ2) is 5.32. The average Bonchev–Trinajstić information content (AvgIpc) is 3.02. The van der Waals surface area contributed by atoms with Gasteiger partial charge in [0, 0.05) is 6.04 Å². The van der Waals surface area contributed by atoms with Gasteiger partial charge in [-0.3, -0.25) is 0 Å². The summed E-state index contributed by atoms with van der Waals surface area (Å²) in [6.45, 7) is 7.60. The van der Waals surface area contributed by atoms with E-state index in [0.29, 0.717) is 19.3 Å². The molecule has 0 aromatic carbocycles. The van der Waals surface area contributed by atoms with Crippen molar-refractivity contribution >= 4 is 0 Å². The van der Waals surface area contributed by atoms with Crippen LogP contribution in [0.1, 0.15) is 29.9 Å². The molecular formula is C13H19NO2. The van der Waals surface area contributed by atoms with Gasteiger partial charge in [0.25, 0.3) is 0 Å². The van der Waals surface area contributed by atoms with E-state index in [9.17, 15) is 0 Å². The summed E-state index contributed by atoms with van der Waals surface area (Å²) in [5.74, 6) is 1.93. The first-order valence-electron chi connectivity index (χ1n) is 5.80. The maximum Gasteiger partial charge on any atom is 0.130 e. The van der Waals surface area contributed by atoms with Gasteiger partial charge in [0.2, 0.25) is 0 Å². The molecule has 1 aromatic rings. The number of rotatable bonds is 7. The number of nitrogens with one attached hydrogen (secondary N) is 1. The lowest BCUT2D eigenvalue weighted by Crippen LogP contribution is -2.15. The molecule has 1 aliphatic rings. The summed E-state index contributed by atoms with van der Waals surface area (Å²) in [6, 6.07) is 2.76. The van der Waals surface area contributed by atoms with Crippen LogP contribution in [-0.4, -0.2) is 12.6 Å². The Labute approximate surface area is 96.5 Å². The molecule has 16 heavy (non-hydrogen) atoms. The summed E-state index contributed by atoms with van der Waals surface area (Å²) in [7, 11) is 0. The molecule has 1 saturated carbocycles.